The average Bonchev–Trinajstić information content (AvgIpc) is 2.28. The second-order valence-electron chi connectivity index (χ2n) is 4.66. The van der Waals surface area contributed by atoms with Crippen LogP contribution in [-0.2, 0) is 14.6 Å². The summed E-state index contributed by atoms with van der Waals surface area (Å²) in [5, 5.41) is 3.12. The van der Waals surface area contributed by atoms with Crippen LogP contribution < -0.4 is 5.32 Å². The van der Waals surface area contributed by atoms with Gasteiger partial charge in [0.15, 0.2) is 0 Å². The first-order valence-corrected chi connectivity index (χ1v) is 7.92. The van der Waals surface area contributed by atoms with Crippen molar-refractivity contribution in [2.75, 3.05) is 24.4 Å². The van der Waals surface area contributed by atoms with E-state index in [-0.39, 0.29) is 17.8 Å². The summed E-state index contributed by atoms with van der Waals surface area (Å²) in [6.45, 7) is 3.65. The third-order valence-corrected chi connectivity index (χ3v) is 3.71. The third kappa shape index (κ3) is 4.90. The Kier molecular flexibility index (Phi) is 4.94. The van der Waals surface area contributed by atoms with Gasteiger partial charge in [-0.25, -0.2) is 13.2 Å². The smallest absolute Gasteiger partial charge is 0.337 e. The number of carbonyl (C=O) groups excluding carboxylic acids is 1. The lowest BCUT2D eigenvalue weighted by atomic mass is 10.1. The minimum absolute atomic E-state index is 0.0607. The Morgan fingerprint density at radius 3 is 2.53 bits per heavy atom. The van der Waals surface area contributed by atoms with Crippen molar-refractivity contribution >= 4 is 21.5 Å². The fourth-order valence-corrected chi connectivity index (χ4v) is 2.82. The number of esters is 1. The van der Waals surface area contributed by atoms with Crippen LogP contribution >= 0.6 is 0 Å². The van der Waals surface area contributed by atoms with Crippen LogP contribution in [0.4, 0.5) is 5.69 Å². The van der Waals surface area contributed by atoms with Gasteiger partial charge in [-0.3, -0.25) is 0 Å². The van der Waals surface area contributed by atoms with Crippen molar-refractivity contribution in [2.24, 2.45) is 0 Å². The Morgan fingerprint density at radius 2 is 2.05 bits per heavy atom. The van der Waals surface area contributed by atoms with Crippen molar-refractivity contribution in [3.8, 4) is 0 Å². The van der Waals surface area contributed by atoms with Gasteiger partial charge >= 0.3 is 5.97 Å². The highest BCUT2D eigenvalue weighted by molar-refractivity contribution is 7.90. The molecule has 0 bridgehead atoms. The van der Waals surface area contributed by atoms with Crippen LogP contribution in [0.2, 0.25) is 0 Å². The summed E-state index contributed by atoms with van der Waals surface area (Å²) in [5.74, 6) is -0.329. The van der Waals surface area contributed by atoms with Gasteiger partial charge in [-0.15, -0.1) is 0 Å². The van der Waals surface area contributed by atoms with Gasteiger partial charge in [-0.1, -0.05) is 0 Å². The molecule has 106 valence electrons. The second kappa shape index (κ2) is 6.06. The topological polar surface area (TPSA) is 72.5 Å². The normalized spacial score (nSPS) is 12.8. The van der Waals surface area contributed by atoms with Gasteiger partial charge in [-0.05, 0) is 37.6 Å². The molecule has 0 fully saturated rings. The molecule has 0 amide bonds. The number of carbonyl (C=O) groups is 1. The van der Waals surface area contributed by atoms with E-state index >= 15 is 0 Å². The van der Waals surface area contributed by atoms with Gasteiger partial charge in [0.2, 0.25) is 0 Å². The molecule has 0 saturated heterocycles. The summed E-state index contributed by atoms with van der Waals surface area (Å²) < 4.78 is 27.0. The molecule has 1 unspecified atom stereocenters. The van der Waals surface area contributed by atoms with E-state index in [0.717, 1.165) is 11.3 Å². The first-order valence-electron chi connectivity index (χ1n) is 5.86. The molecule has 19 heavy (non-hydrogen) atoms. The van der Waals surface area contributed by atoms with Crippen molar-refractivity contribution < 1.29 is 17.9 Å². The third-order valence-electron chi connectivity index (χ3n) is 2.60. The van der Waals surface area contributed by atoms with Crippen LogP contribution in [0.3, 0.4) is 0 Å². The summed E-state index contributed by atoms with van der Waals surface area (Å²) in [6, 6.07) is 4.91. The zero-order chi connectivity index (χ0) is 14.6. The van der Waals surface area contributed by atoms with Crippen molar-refractivity contribution in [3.05, 3.63) is 29.3 Å². The molecule has 0 aliphatic heterocycles. The standard InChI is InChI=1S/C13H19NO4S/c1-9-7-11(13(15)18-3)5-6-12(9)14-10(2)8-19(4,16)17/h5-7,10,14H,8H2,1-4H3. The van der Waals surface area contributed by atoms with Crippen molar-refractivity contribution in [1.82, 2.24) is 0 Å². The maximum atomic E-state index is 11.4. The van der Waals surface area contributed by atoms with Crippen molar-refractivity contribution in [2.45, 2.75) is 19.9 Å². The van der Waals surface area contributed by atoms with E-state index in [1.54, 1.807) is 25.1 Å². The number of anilines is 1. The van der Waals surface area contributed by atoms with E-state index in [0.29, 0.717) is 5.56 Å². The minimum Gasteiger partial charge on any atom is -0.465 e. The zero-order valence-electron chi connectivity index (χ0n) is 11.6. The summed E-state index contributed by atoms with van der Waals surface area (Å²) >= 11 is 0. The van der Waals surface area contributed by atoms with Crippen LogP contribution in [0, 0.1) is 6.92 Å². The van der Waals surface area contributed by atoms with E-state index in [4.69, 9.17) is 0 Å². The maximum Gasteiger partial charge on any atom is 0.337 e. The Bertz CT molecular complexity index is 566. The van der Waals surface area contributed by atoms with E-state index < -0.39 is 9.84 Å². The highest BCUT2D eigenvalue weighted by Gasteiger charge is 2.12. The number of aryl methyl sites for hydroxylation is 1. The highest BCUT2D eigenvalue weighted by atomic mass is 32.2. The molecule has 1 N–H and O–H groups in total. The molecule has 1 rings (SSSR count). The van der Waals surface area contributed by atoms with E-state index in [9.17, 15) is 13.2 Å². The molecule has 1 aromatic rings. The van der Waals surface area contributed by atoms with Crippen LogP contribution in [0.5, 0.6) is 0 Å². The molecule has 0 aliphatic carbocycles. The molecule has 6 heteroatoms. The van der Waals surface area contributed by atoms with Crippen LogP contribution in [0.25, 0.3) is 0 Å². The van der Waals surface area contributed by atoms with Crippen LogP contribution in [0.15, 0.2) is 18.2 Å². The second-order valence-corrected chi connectivity index (χ2v) is 6.84. The molecule has 5 nitrogen and oxygen atoms in total. The van der Waals surface area contributed by atoms with Gasteiger partial charge in [0.05, 0.1) is 18.4 Å². The molecule has 1 atom stereocenters. The minimum atomic E-state index is -3.02. The number of hydrogen-bond donors (Lipinski definition) is 1. The molecule has 0 spiro atoms. The fourth-order valence-electron chi connectivity index (χ4n) is 1.83. The first kappa shape index (κ1) is 15.5. The zero-order valence-corrected chi connectivity index (χ0v) is 12.4. The summed E-state index contributed by atoms with van der Waals surface area (Å²) in [7, 11) is -1.69. The highest BCUT2D eigenvalue weighted by Crippen LogP contribution is 2.18. The number of sulfone groups is 1. The lowest BCUT2D eigenvalue weighted by molar-refractivity contribution is 0.0600. The Balaban J connectivity index is 2.83. The molecule has 1 aromatic carbocycles. The molecule has 0 saturated carbocycles. The monoisotopic (exact) mass is 285 g/mol. The molecule has 0 aliphatic rings. The molecule has 0 radical (unpaired) electrons. The van der Waals surface area contributed by atoms with Crippen molar-refractivity contribution in [1.29, 1.82) is 0 Å². The lowest BCUT2D eigenvalue weighted by Crippen LogP contribution is -2.25. The number of rotatable bonds is 5. The maximum absolute atomic E-state index is 11.4. The number of methoxy groups -OCH3 is 1. The van der Waals surface area contributed by atoms with E-state index in [2.05, 4.69) is 10.1 Å². The van der Waals surface area contributed by atoms with E-state index in [1.807, 2.05) is 6.92 Å². The largest absolute Gasteiger partial charge is 0.465 e. The number of ether oxygens (including phenoxy) is 1. The molecule has 0 aromatic heterocycles. The van der Waals surface area contributed by atoms with Gasteiger partial charge in [0, 0.05) is 18.0 Å². The molecule has 0 heterocycles. The predicted octanol–water partition coefficient (Wildman–Crippen LogP) is 1.63. The summed E-state index contributed by atoms with van der Waals surface area (Å²) in [4.78, 5) is 11.4. The molecular weight excluding hydrogens is 266 g/mol. The number of nitrogens with one attached hydrogen (secondary N) is 1. The summed E-state index contributed by atoms with van der Waals surface area (Å²) in [6.07, 6.45) is 1.21. The predicted molar refractivity (Wildman–Crippen MR) is 75.3 cm³/mol. The average molecular weight is 285 g/mol. The Hall–Kier alpha value is -1.56. The van der Waals surface area contributed by atoms with Gasteiger partial charge in [0.1, 0.15) is 9.84 Å². The van der Waals surface area contributed by atoms with Crippen molar-refractivity contribution in [3.63, 3.8) is 0 Å². The number of benzene rings is 1. The molecular formula is C13H19NO4S. The van der Waals surface area contributed by atoms with Crippen LogP contribution in [0.1, 0.15) is 22.8 Å². The van der Waals surface area contributed by atoms with Gasteiger partial charge < -0.3 is 10.1 Å². The Labute approximate surface area is 113 Å². The first-order chi connectivity index (χ1) is 8.73. The quantitative estimate of drug-likeness (QED) is 0.832. The van der Waals surface area contributed by atoms with Crippen LogP contribution in [-0.4, -0.2) is 39.5 Å². The lowest BCUT2D eigenvalue weighted by Gasteiger charge is -2.16. The number of hydrogen-bond acceptors (Lipinski definition) is 5. The van der Waals surface area contributed by atoms with Gasteiger partial charge in [-0.2, -0.15) is 0 Å². The Morgan fingerprint density at radius 1 is 1.42 bits per heavy atom. The fraction of sp³-hybridized carbons (Fsp3) is 0.462. The van der Waals surface area contributed by atoms with E-state index in [1.165, 1.54) is 13.4 Å². The SMILES string of the molecule is COC(=O)c1ccc(NC(C)CS(C)(=O)=O)c(C)c1. The van der Waals surface area contributed by atoms with Gasteiger partial charge in [0.25, 0.3) is 0 Å². The summed E-state index contributed by atoms with van der Waals surface area (Å²) in [5.41, 5.74) is 2.15.